The van der Waals surface area contributed by atoms with Gasteiger partial charge in [-0.25, -0.2) is 0 Å². The van der Waals surface area contributed by atoms with E-state index in [1.165, 1.54) is 6.92 Å². The van der Waals surface area contributed by atoms with Crippen LogP contribution in [0.4, 0.5) is 0 Å². The summed E-state index contributed by atoms with van der Waals surface area (Å²) in [6.07, 6.45) is -6.32. The zero-order valence-corrected chi connectivity index (χ0v) is 7.91. The first-order valence-corrected chi connectivity index (χ1v) is 4.49. The summed E-state index contributed by atoms with van der Waals surface area (Å²) >= 11 is 0. The smallest absolute Gasteiger partial charge is 0.186 e. The average molecular weight is 208 g/mol. The molecule has 1 fully saturated rings. The van der Waals surface area contributed by atoms with E-state index in [9.17, 15) is 15.3 Å². The average Bonchev–Trinajstić information content (AvgIpc) is 2.67. The number of hydrogen-bond acceptors (Lipinski definition) is 6. The van der Waals surface area contributed by atoms with Crippen LogP contribution in [0, 0.1) is 0 Å². The summed E-state index contributed by atoms with van der Waals surface area (Å²) < 4.78 is 9.88. The predicted molar refractivity (Wildman–Crippen MR) is 45.4 cm³/mol. The maximum atomic E-state index is 9.47. The molecule has 0 unspecified atom stereocenters. The lowest BCUT2D eigenvalue weighted by atomic mass is 10.0. The molecule has 0 spiro atoms. The Kier molecular flexibility index (Phi) is 4.24. The molecule has 0 saturated carbocycles. The molecule has 0 aromatic rings. The molecule has 0 radical (unpaired) electrons. The second kappa shape index (κ2) is 5.01. The highest BCUT2D eigenvalue weighted by Crippen LogP contribution is 2.14. The third kappa shape index (κ3) is 2.63. The molecule has 6 nitrogen and oxygen atoms in total. The number of rotatable bonds is 4. The van der Waals surface area contributed by atoms with Crippen LogP contribution in [-0.4, -0.2) is 64.3 Å². The summed E-state index contributed by atoms with van der Waals surface area (Å²) in [5, 5.41) is 37.1. The summed E-state index contributed by atoms with van der Waals surface area (Å²) in [6, 6.07) is 0. The van der Waals surface area contributed by atoms with E-state index in [0.717, 1.165) is 0 Å². The van der Waals surface area contributed by atoms with E-state index >= 15 is 0 Å². The van der Waals surface area contributed by atoms with Crippen molar-refractivity contribution in [2.24, 2.45) is 0 Å². The first kappa shape index (κ1) is 11.8. The Morgan fingerprint density at radius 2 is 1.50 bits per heavy atom. The van der Waals surface area contributed by atoms with Crippen molar-refractivity contribution in [3.05, 3.63) is 0 Å². The lowest BCUT2D eigenvalue weighted by Crippen LogP contribution is -2.48. The number of aliphatic hydroxyl groups excluding tert-OH is 4. The van der Waals surface area contributed by atoms with Gasteiger partial charge >= 0.3 is 0 Å². The van der Waals surface area contributed by atoms with Gasteiger partial charge in [0.2, 0.25) is 0 Å². The largest absolute Gasteiger partial charge is 0.391 e. The van der Waals surface area contributed by atoms with Crippen molar-refractivity contribution in [1.29, 1.82) is 0 Å². The van der Waals surface area contributed by atoms with Crippen LogP contribution in [0.25, 0.3) is 0 Å². The number of ether oxygens (including phenoxy) is 2. The van der Waals surface area contributed by atoms with Gasteiger partial charge < -0.3 is 29.9 Å². The van der Waals surface area contributed by atoms with Gasteiger partial charge in [-0.1, -0.05) is 0 Å². The van der Waals surface area contributed by atoms with Crippen molar-refractivity contribution in [2.75, 3.05) is 13.2 Å². The highest BCUT2D eigenvalue weighted by molar-refractivity contribution is 4.81. The molecule has 0 aliphatic carbocycles. The third-order valence-corrected chi connectivity index (χ3v) is 2.12. The normalized spacial score (nSPS) is 27.2. The second-order valence-electron chi connectivity index (χ2n) is 3.32. The monoisotopic (exact) mass is 208 g/mol. The van der Waals surface area contributed by atoms with Gasteiger partial charge in [-0.2, -0.15) is 0 Å². The Morgan fingerprint density at radius 3 is 1.93 bits per heavy atom. The molecule has 4 N–H and O–H groups in total. The highest BCUT2D eigenvalue weighted by Gasteiger charge is 2.36. The van der Waals surface area contributed by atoms with E-state index in [0.29, 0.717) is 13.2 Å². The molecule has 1 heterocycles. The maximum Gasteiger partial charge on any atom is 0.186 e. The summed E-state index contributed by atoms with van der Waals surface area (Å²) in [5.74, 6) is 0. The molecule has 14 heavy (non-hydrogen) atoms. The standard InChI is InChI=1S/C8H16O6/c1-4(9)5(10)6(11)7(12)8-13-2-3-14-8/h4-12H,2-3H2,1H3/t4-,5+,6+,7-/m1/s1. The minimum atomic E-state index is -1.49. The van der Waals surface area contributed by atoms with Crippen molar-refractivity contribution in [2.45, 2.75) is 37.6 Å². The van der Waals surface area contributed by atoms with Crippen molar-refractivity contribution in [3.63, 3.8) is 0 Å². The van der Waals surface area contributed by atoms with E-state index in [1.807, 2.05) is 0 Å². The van der Waals surface area contributed by atoms with Crippen LogP contribution >= 0.6 is 0 Å². The van der Waals surface area contributed by atoms with Crippen LogP contribution in [0.3, 0.4) is 0 Å². The van der Waals surface area contributed by atoms with Gasteiger partial charge in [-0.05, 0) is 6.92 Å². The minimum absolute atomic E-state index is 0.346. The topological polar surface area (TPSA) is 99.4 Å². The molecule has 0 bridgehead atoms. The summed E-state index contributed by atoms with van der Waals surface area (Å²) in [6.45, 7) is 2.01. The fourth-order valence-corrected chi connectivity index (χ4v) is 1.22. The quantitative estimate of drug-likeness (QED) is 0.419. The van der Waals surface area contributed by atoms with Gasteiger partial charge in [0.15, 0.2) is 6.29 Å². The number of aliphatic hydroxyl groups is 4. The fourth-order valence-electron chi connectivity index (χ4n) is 1.22. The lowest BCUT2D eigenvalue weighted by Gasteiger charge is -2.27. The van der Waals surface area contributed by atoms with Gasteiger partial charge in [0.05, 0.1) is 19.3 Å². The summed E-state index contributed by atoms with van der Waals surface area (Å²) in [4.78, 5) is 0. The molecular weight excluding hydrogens is 192 g/mol. The molecule has 4 atom stereocenters. The van der Waals surface area contributed by atoms with Gasteiger partial charge in [0, 0.05) is 0 Å². The second-order valence-corrected chi connectivity index (χ2v) is 3.32. The maximum absolute atomic E-state index is 9.47. The van der Waals surface area contributed by atoms with Crippen LogP contribution in [0.2, 0.25) is 0 Å². The lowest BCUT2D eigenvalue weighted by molar-refractivity contribution is -0.185. The predicted octanol–water partition coefficient (Wildman–Crippen LogP) is -2.18. The van der Waals surface area contributed by atoms with Crippen LogP contribution in [-0.2, 0) is 9.47 Å². The van der Waals surface area contributed by atoms with E-state index < -0.39 is 30.7 Å². The zero-order chi connectivity index (χ0) is 10.7. The summed E-state index contributed by atoms with van der Waals surface area (Å²) in [5.41, 5.74) is 0. The molecule has 1 aliphatic heterocycles. The molecule has 84 valence electrons. The van der Waals surface area contributed by atoms with Crippen molar-refractivity contribution >= 4 is 0 Å². The molecule has 1 aliphatic rings. The molecule has 0 aromatic heterocycles. The SMILES string of the molecule is C[C@@H](O)[C@H](O)[C@H](O)[C@@H](O)C1OCCO1. The Bertz CT molecular complexity index is 161. The Balaban J connectivity index is 2.45. The molecule has 1 saturated heterocycles. The molecular formula is C8H16O6. The van der Waals surface area contributed by atoms with Gasteiger partial charge in [-0.15, -0.1) is 0 Å². The van der Waals surface area contributed by atoms with E-state index in [1.54, 1.807) is 0 Å². The Labute approximate surface area is 81.7 Å². The Hall–Kier alpha value is -0.240. The number of hydrogen-bond donors (Lipinski definition) is 4. The molecule has 1 rings (SSSR count). The van der Waals surface area contributed by atoms with Gasteiger partial charge in [-0.3, -0.25) is 0 Å². The highest BCUT2D eigenvalue weighted by atomic mass is 16.7. The zero-order valence-electron chi connectivity index (χ0n) is 7.91. The van der Waals surface area contributed by atoms with E-state index in [4.69, 9.17) is 14.6 Å². The van der Waals surface area contributed by atoms with Gasteiger partial charge in [0.1, 0.15) is 18.3 Å². The minimum Gasteiger partial charge on any atom is -0.391 e. The van der Waals surface area contributed by atoms with Crippen molar-refractivity contribution in [3.8, 4) is 0 Å². The molecule has 6 heteroatoms. The van der Waals surface area contributed by atoms with Crippen molar-refractivity contribution in [1.82, 2.24) is 0 Å². The Morgan fingerprint density at radius 1 is 1.00 bits per heavy atom. The third-order valence-electron chi connectivity index (χ3n) is 2.12. The van der Waals surface area contributed by atoms with Crippen molar-refractivity contribution < 1.29 is 29.9 Å². The van der Waals surface area contributed by atoms with Gasteiger partial charge in [0.25, 0.3) is 0 Å². The van der Waals surface area contributed by atoms with E-state index in [2.05, 4.69) is 0 Å². The fraction of sp³-hybridized carbons (Fsp3) is 1.00. The van der Waals surface area contributed by atoms with Crippen LogP contribution in [0.15, 0.2) is 0 Å². The molecule has 0 amide bonds. The first-order valence-electron chi connectivity index (χ1n) is 4.49. The summed E-state index contributed by atoms with van der Waals surface area (Å²) in [7, 11) is 0. The van der Waals surface area contributed by atoms with E-state index in [-0.39, 0.29) is 0 Å². The van der Waals surface area contributed by atoms with Crippen LogP contribution < -0.4 is 0 Å². The van der Waals surface area contributed by atoms with Crippen LogP contribution in [0.1, 0.15) is 6.92 Å². The first-order chi connectivity index (χ1) is 6.54. The van der Waals surface area contributed by atoms with Crippen LogP contribution in [0.5, 0.6) is 0 Å². The molecule has 0 aromatic carbocycles.